The molecule has 3 atom stereocenters. The van der Waals surface area contributed by atoms with Crippen molar-refractivity contribution < 1.29 is 32.3 Å². The summed E-state index contributed by atoms with van der Waals surface area (Å²) in [5, 5.41) is 7.77. The molecule has 0 spiro atoms. The Morgan fingerprint density at radius 1 is 1.04 bits per heavy atom. The zero-order valence-corrected chi connectivity index (χ0v) is 26.8. The molecule has 1 N–H and O–H groups in total. The van der Waals surface area contributed by atoms with Crippen LogP contribution in [0.4, 0.5) is 19.0 Å². The third-order valence-electron chi connectivity index (χ3n) is 9.38. The van der Waals surface area contributed by atoms with E-state index in [4.69, 9.17) is 0 Å². The molecule has 1 aliphatic heterocycles. The number of halogens is 3. The minimum Gasteiger partial charge on any atom is -0.388 e. The molecule has 7 rings (SSSR count). The first-order valence-electron chi connectivity index (χ1n) is 15.4. The molecule has 1 aliphatic carbocycles. The maximum Gasteiger partial charge on any atom is 0.574 e. The maximum atomic E-state index is 14.0. The van der Waals surface area contributed by atoms with E-state index >= 15 is 0 Å². The van der Waals surface area contributed by atoms with Gasteiger partial charge in [-0.15, -0.1) is 13.2 Å². The van der Waals surface area contributed by atoms with Gasteiger partial charge in [-0.2, -0.15) is 10.1 Å². The lowest BCUT2D eigenvalue weighted by atomic mass is 10.0. The number of benzene rings is 1. The number of hydrogen-bond acceptors (Lipinski definition) is 7. The van der Waals surface area contributed by atoms with Gasteiger partial charge in [0, 0.05) is 53.3 Å². The molecule has 14 heteroatoms. The van der Waals surface area contributed by atoms with E-state index in [2.05, 4.69) is 25.1 Å². The van der Waals surface area contributed by atoms with Crippen LogP contribution in [0.1, 0.15) is 53.9 Å². The van der Waals surface area contributed by atoms with Crippen molar-refractivity contribution >= 4 is 40.0 Å². The Morgan fingerprint density at radius 3 is 2.54 bits per heavy atom. The number of likely N-dealkylation sites (tertiary alicyclic amines) is 1. The van der Waals surface area contributed by atoms with Crippen molar-refractivity contribution in [2.75, 3.05) is 5.32 Å². The predicted octanol–water partition coefficient (Wildman–Crippen LogP) is 5.79. The molecule has 48 heavy (non-hydrogen) atoms. The number of rotatable bonds is 7. The number of anilines is 1. The van der Waals surface area contributed by atoms with Gasteiger partial charge in [0.25, 0.3) is 0 Å². The quantitative estimate of drug-likeness (QED) is 0.220. The smallest absolute Gasteiger partial charge is 0.388 e. The molecule has 2 aliphatic rings. The molecule has 11 nitrogen and oxygen atoms in total. The highest BCUT2D eigenvalue weighted by Crippen LogP contribution is 2.59. The van der Waals surface area contributed by atoms with Crippen molar-refractivity contribution in [2.45, 2.75) is 72.5 Å². The molecule has 1 saturated heterocycles. The topological polar surface area (TPSA) is 124 Å². The molecule has 1 saturated carbocycles. The van der Waals surface area contributed by atoms with Crippen LogP contribution in [-0.4, -0.2) is 65.1 Å². The van der Waals surface area contributed by atoms with E-state index in [-0.39, 0.29) is 35.5 Å². The average Bonchev–Trinajstić information content (AvgIpc) is 3.27. The van der Waals surface area contributed by atoms with Gasteiger partial charge in [0.1, 0.15) is 18.4 Å². The van der Waals surface area contributed by atoms with Crippen molar-refractivity contribution in [1.82, 2.24) is 29.0 Å². The molecular formula is C34H32F3N7O4. The lowest BCUT2D eigenvalue weighted by Crippen LogP contribution is -2.46. The third-order valence-corrected chi connectivity index (χ3v) is 9.38. The Hall–Kier alpha value is -5.27. The van der Waals surface area contributed by atoms with Gasteiger partial charge in [-0.25, -0.2) is 9.50 Å². The monoisotopic (exact) mass is 659 g/mol. The maximum absolute atomic E-state index is 14.0. The van der Waals surface area contributed by atoms with Crippen LogP contribution < -0.4 is 10.1 Å². The van der Waals surface area contributed by atoms with Crippen LogP contribution in [-0.2, 0) is 16.1 Å². The summed E-state index contributed by atoms with van der Waals surface area (Å²) in [5.41, 5.74) is 5.42. The van der Waals surface area contributed by atoms with Crippen LogP contribution in [0, 0.1) is 26.2 Å². The van der Waals surface area contributed by atoms with Crippen LogP contribution >= 0.6 is 0 Å². The van der Waals surface area contributed by atoms with Gasteiger partial charge in [-0.3, -0.25) is 14.4 Å². The number of Topliss-reactive ketones (excluding diaryl/α,β-unsaturated/α-hetero) is 1. The number of nitrogens with one attached hydrogen (secondary N) is 1. The van der Waals surface area contributed by atoms with Gasteiger partial charge in [0.2, 0.25) is 17.7 Å². The molecule has 0 bridgehead atoms. The summed E-state index contributed by atoms with van der Waals surface area (Å²) >= 11 is 0. The van der Waals surface area contributed by atoms with Crippen LogP contribution in [0.5, 0.6) is 5.88 Å². The lowest BCUT2D eigenvalue weighted by molar-refractivity contribution is -0.276. The summed E-state index contributed by atoms with van der Waals surface area (Å²) < 4.78 is 45.7. The van der Waals surface area contributed by atoms with Crippen molar-refractivity contribution in [3.8, 4) is 17.0 Å². The van der Waals surface area contributed by atoms with Gasteiger partial charge in [-0.1, -0.05) is 13.0 Å². The fourth-order valence-corrected chi connectivity index (χ4v) is 6.97. The highest BCUT2D eigenvalue weighted by molar-refractivity contribution is 6.09. The molecule has 5 aromatic rings. The summed E-state index contributed by atoms with van der Waals surface area (Å²) in [5.74, 6) is -1.79. The number of alkyl halides is 3. The standard InChI is InChI=1S/C34H32F3N7O4/c1-17-6-7-28(48-34(35,36)37)39-31(17)40-32(47)25-11-33(5)12-26(33)44(25)29(46)16-42-15-24(20(4)45)23-10-21(8-18(2)30(23)42)22-13-38-27-9-19(3)41-43(27)14-22/h6-10,13-15,25-26H,11-12,16H2,1-5H3,(H,39,40,47)/t25-,26?,33-/m0/s1. The number of nitrogens with zero attached hydrogens (tertiary/aromatic N) is 6. The van der Waals surface area contributed by atoms with Crippen molar-refractivity contribution in [2.24, 2.45) is 5.41 Å². The number of aromatic nitrogens is 5. The molecule has 2 amide bonds. The zero-order chi connectivity index (χ0) is 34.3. The fourth-order valence-electron chi connectivity index (χ4n) is 6.97. The Bertz CT molecular complexity index is 2170. The Kier molecular flexibility index (Phi) is 7.11. The molecular weight excluding hydrogens is 627 g/mol. The second kappa shape index (κ2) is 10.9. The van der Waals surface area contributed by atoms with Gasteiger partial charge in [0.05, 0.1) is 11.2 Å². The molecule has 248 valence electrons. The SMILES string of the molecule is CC(=O)c1cn(CC(=O)N2C3C[C@]3(C)C[C@H]2C(=O)Nc2nc(OC(F)(F)F)ccc2C)c2c(C)cc(-c3cnc4cc(C)nn4c3)cc12. The van der Waals surface area contributed by atoms with Crippen molar-refractivity contribution in [1.29, 1.82) is 0 Å². The molecule has 1 aromatic carbocycles. The molecule has 0 radical (unpaired) electrons. The van der Waals surface area contributed by atoms with E-state index in [0.717, 1.165) is 46.0 Å². The summed E-state index contributed by atoms with van der Waals surface area (Å²) in [7, 11) is 0. The summed E-state index contributed by atoms with van der Waals surface area (Å²) in [6, 6.07) is 7.18. The third kappa shape index (κ3) is 5.54. The largest absolute Gasteiger partial charge is 0.574 e. The number of carbonyl (C=O) groups is 3. The first-order chi connectivity index (χ1) is 22.6. The van der Waals surface area contributed by atoms with Crippen molar-refractivity contribution in [3.63, 3.8) is 0 Å². The van der Waals surface area contributed by atoms with E-state index < -0.39 is 24.2 Å². The van der Waals surface area contributed by atoms with Gasteiger partial charge in [-0.05, 0) is 74.8 Å². The van der Waals surface area contributed by atoms with Crippen LogP contribution in [0.3, 0.4) is 0 Å². The van der Waals surface area contributed by atoms with Gasteiger partial charge < -0.3 is 19.5 Å². The number of ether oxygens (including phenoxy) is 1. The van der Waals surface area contributed by atoms with Crippen LogP contribution in [0.2, 0.25) is 0 Å². The number of ketones is 1. The second-order valence-corrected chi connectivity index (χ2v) is 13.1. The van der Waals surface area contributed by atoms with Crippen LogP contribution in [0.15, 0.2) is 48.9 Å². The first-order valence-corrected chi connectivity index (χ1v) is 15.4. The number of carbonyl (C=O) groups excluding carboxylic acids is 3. The molecule has 2 fully saturated rings. The van der Waals surface area contributed by atoms with E-state index in [1.165, 1.54) is 13.0 Å². The Labute approximate surface area is 272 Å². The van der Waals surface area contributed by atoms with Crippen LogP contribution in [0.25, 0.3) is 27.7 Å². The number of piperidine rings is 1. The molecule has 1 unspecified atom stereocenters. The summed E-state index contributed by atoms with van der Waals surface area (Å²) in [4.78, 5) is 50.4. The van der Waals surface area contributed by atoms with Gasteiger partial charge >= 0.3 is 6.36 Å². The first kappa shape index (κ1) is 31.3. The molecule has 4 aromatic heterocycles. The average molecular weight is 660 g/mol. The number of pyridine rings is 1. The lowest BCUT2D eigenvalue weighted by Gasteiger charge is -2.27. The highest BCUT2D eigenvalue weighted by atomic mass is 19.4. The number of hydrogen-bond donors (Lipinski definition) is 1. The van der Waals surface area contributed by atoms with E-state index in [0.29, 0.717) is 22.9 Å². The van der Waals surface area contributed by atoms with Crippen molar-refractivity contribution in [3.05, 3.63) is 71.3 Å². The van der Waals surface area contributed by atoms with Gasteiger partial charge in [0.15, 0.2) is 11.4 Å². The molecule has 5 heterocycles. The predicted molar refractivity (Wildman–Crippen MR) is 169 cm³/mol. The second-order valence-electron chi connectivity index (χ2n) is 13.1. The fraction of sp³-hybridized carbons (Fsp3) is 0.353. The summed E-state index contributed by atoms with van der Waals surface area (Å²) in [6.07, 6.45) is 1.50. The van der Waals surface area contributed by atoms with E-state index in [9.17, 15) is 27.6 Å². The highest BCUT2D eigenvalue weighted by Gasteiger charge is 2.64. The minimum absolute atomic E-state index is 0.0779. The Balaban J connectivity index is 1.18. The van der Waals surface area contributed by atoms with E-state index in [1.54, 1.807) is 33.3 Å². The minimum atomic E-state index is -4.94. The summed E-state index contributed by atoms with van der Waals surface area (Å²) in [6.45, 7) is 8.77. The number of aryl methyl sites for hydroxylation is 3. The van der Waals surface area contributed by atoms with E-state index in [1.807, 2.05) is 45.2 Å². The Morgan fingerprint density at radius 2 is 1.81 bits per heavy atom. The zero-order valence-electron chi connectivity index (χ0n) is 26.8. The number of fused-ring (bicyclic) bond motifs is 3. The number of amides is 2. The normalized spacial score (nSPS) is 20.3.